The van der Waals surface area contributed by atoms with Crippen LogP contribution >= 0.6 is 34.8 Å². The van der Waals surface area contributed by atoms with Crippen LogP contribution in [0.3, 0.4) is 0 Å². The van der Waals surface area contributed by atoms with Gasteiger partial charge < -0.3 is 20.5 Å². The molecule has 0 unspecified atom stereocenters. The Kier molecular flexibility index (Phi) is 12.6. The fourth-order valence-electron chi connectivity index (χ4n) is 8.02. The summed E-state index contributed by atoms with van der Waals surface area (Å²) >= 11 is 18.2. The van der Waals surface area contributed by atoms with Gasteiger partial charge >= 0.3 is 0 Å². The summed E-state index contributed by atoms with van der Waals surface area (Å²) in [5.41, 5.74) is 6.91. The number of hydrogen-bond donors (Lipinski definition) is 2. The van der Waals surface area contributed by atoms with Crippen molar-refractivity contribution in [2.24, 2.45) is 29.4 Å². The third-order valence-electron chi connectivity index (χ3n) is 11.5. The number of nitrogens with two attached hydrogens (primary N) is 1. The van der Waals surface area contributed by atoms with E-state index in [4.69, 9.17) is 50.0 Å². The van der Waals surface area contributed by atoms with Gasteiger partial charge in [-0.05, 0) is 73.6 Å². The summed E-state index contributed by atoms with van der Waals surface area (Å²) in [5, 5.41) is 14.8. The average molecular weight is 764 g/mol. The van der Waals surface area contributed by atoms with E-state index in [0.717, 1.165) is 29.7 Å². The van der Waals surface area contributed by atoms with Gasteiger partial charge in [0, 0.05) is 23.9 Å². The van der Waals surface area contributed by atoms with E-state index in [1.807, 2.05) is 10.9 Å². The van der Waals surface area contributed by atoms with Crippen molar-refractivity contribution >= 4 is 62.7 Å². The molecule has 0 radical (unpaired) electrons. The summed E-state index contributed by atoms with van der Waals surface area (Å²) in [6.07, 6.45) is 15.9. The molecule has 0 bridgehead atoms. The van der Waals surface area contributed by atoms with Gasteiger partial charge in [-0.1, -0.05) is 78.8 Å². The number of hydrogen-bond acceptors (Lipinski definition) is 10. The van der Waals surface area contributed by atoms with E-state index in [-0.39, 0.29) is 35.2 Å². The second-order valence-corrected chi connectivity index (χ2v) is 15.9. The molecule has 4 fully saturated rings. The van der Waals surface area contributed by atoms with Gasteiger partial charge in [-0.3, -0.25) is 0 Å². The first kappa shape index (κ1) is 38.4. The van der Waals surface area contributed by atoms with E-state index in [2.05, 4.69) is 77.0 Å². The molecule has 2 saturated heterocycles. The minimum Gasteiger partial charge on any atom is -0.367 e. The summed E-state index contributed by atoms with van der Waals surface area (Å²) < 4.78 is 16.1. The van der Waals surface area contributed by atoms with Crippen molar-refractivity contribution in [2.75, 3.05) is 5.32 Å². The second kappa shape index (κ2) is 16.8. The average Bonchev–Trinajstić information content (AvgIpc) is 3.97. The summed E-state index contributed by atoms with van der Waals surface area (Å²) in [7, 11) is 0. The highest BCUT2D eigenvalue weighted by molar-refractivity contribution is 6.35. The third kappa shape index (κ3) is 8.26. The van der Waals surface area contributed by atoms with Crippen LogP contribution in [0.4, 0.5) is 5.82 Å². The van der Waals surface area contributed by atoms with Crippen molar-refractivity contribution in [1.29, 1.82) is 0 Å². The molecule has 3 N–H and O–H groups in total. The summed E-state index contributed by atoms with van der Waals surface area (Å²) in [4.78, 5) is 17.1. The molecule has 2 aliphatic heterocycles. The second-order valence-electron chi connectivity index (χ2n) is 14.8. The minimum atomic E-state index is -0.144. The number of rotatable bonds is 6. The van der Waals surface area contributed by atoms with Crippen LogP contribution < -0.4 is 11.1 Å². The normalized spacial score (nSPS) is 29.8. The predicted octanol–water partition coefficient (Wildman–Crippen LogP) is 9.01. The quantitative estimate of drug-likeness (QED) is 0.144. The lowest BCUT2D eigenvalue weighted by atomic mass is 9.92. The standard InChI is InChI=1S/C18H26ClN5O.C13H16Cl2N4O.C5H11N/c1-4-14-10(2)11(3)17(25-14)24-16-13(9-20-24)15(22-18(19)23-16)21-12-7-5-6-8-12;1-4-9-6(2)7(3)12(20-9)19-11-8(5-16-19)10(14)17-13(15)18-11;6-5-3-1-2-4-5/h9-12,14,17H,4-8H2,1-3H3,(H,21,22,23);5-7,9,12H,4H2,1-3H3;5H,1-4,6H2/t10-,11+,14+,17+;6-,7+,9+,12+;/m00./s1. The number of halogens is 3. The highest BCUT2D eigenvalue weighted by Gasteiger charge is 2.41. The lowest BCUT2D eigenvalue weighted by Crippen LogP contribution is -2.18. The number of aromatic nitrogens is 8. The molecule has 12 nitrogen and oxygen atoms in total. The van der Waals surface area contributed by atoms with Crippen LogP contribution in [-0.4, -0.2) is 63.8 Å². The lowest BCUT2D eigenvalue weighted by Gasteiger charge is -2.18. The molecule has 280 valence electrons. The van der Waals surface area contributed by atoms with Gasteiger partial charge in [0.2, 0.25) is 10.6 Å². The van der Waals surface area contributed by atoms with Crippen molar-refractivity contribution in [3.05, 3.63) is 28.1 Å². The van der Waals surface area contributed by atoms with Crippen LogP contribution in [0.15, 0.2) is 12.4 Å². The number of ether oxygens (including phenoxy) is 2. The van der Waals surface area contributed by atoms with Crippen LogP contribution in [0.5, 0.6) is 0 Å². The van der Waals surface area contributed by atoms with E-state index in [9.17, 15) is 0 Å². The fraction of sp³-hybridized carbons (Fsp3) is 0.722. The summed E-state index contributed by atoms with van der Waals surface area (Å²) in [5.74, 6) is 2.46. The molecule has 51 heavy (non-hydrogen) atoms. The van der Waals surface area contributed by atoms with Crippen molar-refractivity contribution in [3.8, 4) is 0 Å². The zero-order valence-electron chi connectivity index (χ0n) is 30.6. The Bertz CT molecular complexity index is 1760. The van der Waals surface area contributed by atoms with Crippen LogP contribution in [0.2, 0.25) is 15.7 Å². The van der Waals surface area contributed by atoms with Crippen molar-refractivity contribution in [1.82, 2.24) is 39.5 Å². The fourth-order valence-corrected chi connectivity index (χ4v) is 8.60. The molecular formula is C36H53Cl3N10O2. The Hall–Kier alpha value is -2.35. The predicted molar refractivity (Wildman–Crippen MR) is 203 cm³/mol. The number of anilines is 1. The van der Waals surface area contributed by atoms with Gasteiger partial charge in [0.05, 0.1) is 35.4 Å². The molecule has 4 aromatic heterocycles. The largest absolute Gasteiger partial charge is 0.367 e. The van der Waals surface area contributed by atoms with Gasteiger partial charge in [-0.25, -0.2) is 14.3 Å². The van der Waals surface area contributed by atoms with E-state index in [0.29, 0.717) is 51.9 Å². The van der Waals surface area contributed by atoms with Gasteiger partial charge in [0.15, 0.2) is 23.8 Å². The lowest BCUT2D eigenvalue weighted by molar-refractivity contribution is -0.0190. The van der Waals surface area contributed by atoms with Gasteiger partial charge in [0.25, 0.3) is 0 Å². The Balaban J connectivity index is 0.000000154. The molecular weight excluding hydrogens is 711 g/mol. The van der Waals surface area contributed by atoms with Crippen LogP contribution in [0, 0.1) is 23.7 Å². The molecule has 6 heterocycles. The highest BCUT2D eigenvalue weighted by Crippen LogP contribution is 2.42. The molecule has 0 aromatic carbocycles. The maximum absolute atomic E-state index is 6.28. The third-order valence-corrected chi connectivity index (χ3v) is 12.2. The Labute approximate surface area is 315 Å². The molecule has 4 aromatic rings. The Morgan fingerprint density at radius 2 is 1.16 bits per heavy atom. The number of nitrogens with zero attached hydrogens (tertiary/aromatic N) is 8. The zero-order valence-corrected chi connectivity index (χ0v) is 32.9. The van der Waals surface area contributed by atoms with Crippen molar-refractivity contribution in [2.45, 2.75) is 142 Å². The number of fused-ring (bicyclic) bond motifs is 2. The molecule has 2 aliphatic carbocycles. The molecule has 4 aliphatic rings. The highest BCUT2D eigenvalue weighted by atomic mass is 35.5. The molecule has 15 heteroatoms. The van der Waals surface area contributed by atoms with Crippen LogP contribution in [0.1, 0.15) is 118 Å². The van der Waals surface area contributed by atoms with E-state index < -0.39 is 0 Å². The minimum absolute atomic E-state index is 0.109. The van der Waals surface area contributed by atoms with Crippen molar-refractivity contribution in [3.63, 3.8) is 0 Å². The maximum atomic E-state index is 6.28. The molecule has 0 spiro atoms. The van der Waals surface area contributed by atoms with E-state index in [1.165, 1.54) is 51.4 Å². The van der Waals surface area contributed by atoms with E-state index >= 15 is 0 Å². The molecule has 8 rings (SSSR count). The zero-order chi connectivity index (χ0) is 36.4. The SMILES string of the molecule is CC[C@H]1O[C@@H](n2ncc3c(Cl)nc(Cl)nc32)[C@H](C)[C@@H]1C.CC[C@H]1O[C@@H](n2ncc3c(NC4CCCC4)nc(Cl)nc32)[C@H](C)[C@@H]1C.NC1CCCC1. The molecule has 0 amide bonds. The summed E-state index contributed by atoms with van der Waals surface area (Å²) in [6, 6.07) is 1.01. The smallest absolute Gasteiger partial charge is 0.226 e. The van der Waals surface area contributed by atoms with Crippen LogP contribution in [0.25, 0.3) is 22.1 Å². The summed E-state index contributed by atoms with van der Waals surface area (Å²) in [6.45, 7) is 13.1. The van der Waals surface area contributed by atoms with Crippen molar-refractivity contribution < 1.29 is 9.47 Å². The first-order valence-corrected chi connectivity index (χ1v) is 19.9. The monoisotopic (exact) mass is 762 g/mol. The maximum Gasteiger partial charge on any atom is 0.226 e. The van der Waals surface area contributed by atoms with E-state index in [1.54, 1.807) is 10.9 Å². The van der Waals surface area contributed by atoms with Crippen LogP contribution in [-0.2, 0) is 9.47 Å². The van der Waals surface area contributed by atoms with Gasteiger partial charge in [-0.15, -0.1) is 0 Å². The Morgan fingerprint density at radius 3 is 1.63 bits per heavy atom. The molecule has 8 atom stereocenters. The number of nitrogens with one attached hydrogen (secondary N) is 1. The van der Waals surface area contributed by atoms with Gasteiger partial charge in [-0.2, -0.15) is 25.1 Å². The van der Waals surface area contributed by atoms with Gasteiger partial charge in [0.1, 0.15) is 11.0 Å². The first-order valence-electron chi connectivity index (χ1n) is 18.8. The Morgan fingerprint density at radius 1 is 0.686 bits per heavy atom. The molecule has 2 saturated carbocycles. The topological polar surface area (TPSA) is 144 Å². The first-order chi connectivity index (χ1) is 24.5.